The SMILES string of the molecule is CCCCC/C=C\C[C@H](O)[C@@H](O)CCCCCCCC(=O)O[C@H](COC(=O)CCCCCCCCCCCCCCCCCCCCC)COP(=O)(O)OC[C@H](N)C(=O)O. The first-order chi connectivity index (χ1) is 28.9. The van der Waals surface area contributed by atoms with Crippen molar-refractivity contribution in [1.82, 2.24) is 0 Å². The first-order valence-corrected chi connectivity index (χ1v) is 25.4. The molecule has 0 saturated heterocycles. The van der Waals surface area contributed by atoms with Crippen LogP contribution in [0.1, 0.15) is 219 Å². The first kappa shape index (κ1) is 58.1. The molecule has 0 radical (unpaired) electrons. The molecular formula is C46H88NO12P. The molecule has 60 heavy (non-hydrogen) atoms. The number of phosphoric acid groups is 1. The number of hydrogen-bond acceptors (Lipinski definition) is 11. The van der Waals surface area contributed by atoms with Crippen molar-refractivity contribution < 1.29 is 57.7 Å². The molecule has 13 nitrogen and oxygen atoms in total. The van der Waals surface area contributed by atoms with Crippen molar-refractivity contribution in [2.45, 2.75) is 244 Å². The average molecular weight is 878 g/mol. The zero-order valence-electron chi connectivity index (χ0n) is 37.8. The molecule has 14 heteroatoms. The number of phosphoric ester groups is 1. The molecule has 0 fully saturated rings. The fourth-order valence-corrected chi connectivity index (χ4v) is 7.57. The summed E-state index contributed by atoms with van der Waals surface area (Å²) in [7, 11) is -4.75. The Morgan fingerprint density at radius 1 is 0.567 bits per heavy atom. The number of aliphatic hydroxyl groups excluding tert-OH is 2. The molecule has 0 saturated carbocycles. The molecule has 1 unspecified atom stereocenters. The van der Waals surface area contributed by atoms with Crippen LogP contribution in [0, 0.1) is 0 Å². The number of aliphatic carboxylic acids is 1. The van der Waals surface area contributed by atoms with Crippen LogP contribution in [-0.2, 0) is 37.5 Å². The van der Waals surface area contributed by atoms with Crippen LogP contribution in [0.15, 0.2) is 12.2 Å². The number of allylic oxidation sites excluding steroid dienone is 1. The summed E-state index contributed by atoms with van der Waals surface area (Å²) >= 11 is 0. The number of unbranched alkanes of at least 4 members (excludes halogenated alkanes) is 25. The van der Waals surface area contributed by atoms with Gasteiger partial charge in [-0.3, -0.25) is 23.4 Å². The largest absolute Gasteiger partial charge is 0.480 e. The maximum Gasteiger partial charge on any atom is 0.472 e. The Labute approximate surface area is 363 Å². The number of carbonyl (C=O) groups excluding carboxylic acids is 2. The Morgan fingerprint density at radius 2 is 1.00 bits per heavy atom. The van der Waals surface area contributed by atoms with Crippen LogP contribution in [0.25, 0.3) is 0 Å². The van der Waals surface area contributed by atoms with Crippen molar-refractivity contribution in [1.29, 1.82) is 0 Å². The monoisotopic (exact) mass is 878 g/mol. The molecule has 6 N–H and O–H groups in total. The molecule has 0 aliphatic heterocycles. The Morgan fingerprint density at radius 3 is 1.50 bits per heavy atom. The van der Waals surface area contributed by atoms with E-state index in [0.29, 0.717) is 25.7 Å². The van der Waals surface area contributed by atoms with E-state index in [-0.39, 0.29) is 19.4 Å². The van der Waals surface area contributed by atoms with E-state index in [1.807, 2.05) is 6.08 Å². The number of aliphatic hydroxyl groups is 2. The molecule has 0 aliphatic rings. The van der Waals surface area contributed by atoms with E-state index in [0.717, 1.165) is 64.2 Å². The summed E-state index contributed by atoms with van der Waals surface area (Å²) in [6.07, 6.45) is 34.4. The van der Waals surface area contributed by atoms with Crippen molar-refractivity contribution in [3.8, 4) is 0 Å². The summed E-state index contributed by atoms with van der Waals surface area (Å²) in [5.74, 6) is -2.50. The number of carboxylic acid groups (broad SMARTS) is 1. The smallest absolute Gasteiger partial charge is 0.472 e. The van der Waals surface area contributed by atoms with E-state index in [1.54, 1.807) is 0 Å². The molecule has 0 aromatic rings. The van der Waals surface area contributed by atoms with Gasteiger partial charge in [0.1, 0.15) is 12.6 Å². The zero-order valence-corrected chi connectivity index (χ0v) is 38.7. The molecule has 0 aromatic heterocycles. The van der Waals surface area contributed by atoms with Crippen LogP contribution in [0.3, 0.4) is 0 Å². The number of carbonyl (C=O) groups is 3. The Hall–Kier alpha value is -1.86. The molecule has 0 aromatic carbocycles. The lowest BCUT2D eigenvalue weighted by Gasteiger charge is -2.20. The Bertz CT molecular complexity index is 1110. The lowest BCUT2D eigenvalue weighted by molar-refractivity contribution is -0.161. The van der Waals surface area contributed by atoms with Gasteiger partial charge in [0.25, 0.3) is 0 Å². The fourth-order valence-electron chi connectivity index (χ4n) is 6.80. The van der Waals surface area contributed by atoms with Crippen molar-refractivity contribution in [3.05, 3.63) is 12.2 Å². The van der Waals surface area contributed by atoms with Crippen LogP contribution in [0.4, 0.5) is 0 Å². The summed E-state index contributed by atoms with van der Waals surface area (Å²) in [5, 5.41) is 29.4. The van der Waals surface area contributed by atoms with Crippen LogP contribution in [0.2, 0.25) is 0 Å². The number of carboxylic acids is 1. The molecule has 0 rings (SSSR count). The number of rotatable bonds is 45. The van der Waals surface area contributed by atoms with Gasteiger partial charge in [-0.1, -0.05) is 180 Å². The van der Waals surface area contributed by atoms with Gasteiger partial charge in [0.2, 0.25) is 0 Å². The van der Waals surface area contributed by atoms with E-state index in [1.165, 1.54) is 103 Å². The summed E-state index contributed by atoms with van der Waals surface area (Å²) in [5.41, 5.74) is 5.33. The molecular weight excluding hydrogens is 789 g/mol. The Balaban J connectivity index is 4.37. The molecule has 0 spiro atoms. The van der Waals surface area contributed by atoms with Gasteiger partial charge >= 0.3 is 25.7 Å². The lowest BCUT2D eigenvalue weighted by atomic mass is 10.0. The second-order valence-corrected chi connectivity index (χ2v) is 18.0. The van der Waals surface area contributed by atoms with Gasteiger partial charge in [-0.15, -0.1) is 0 Å². The molecule has 0 amide bonds. The van der Waals surface area contributed by atoms with Crippen molar-refractivity contribution in [2.75, 3.05) is 19.8 Å². The van der Waals surface area contributed by atoms with Gasteiger partial charge in [-0.2, -0.15) is 0 Å². The van der Waals surface area contributed by atoms with E-state index in [9.17, 15) is 34.1 Å². The lowest BCUT2D eigenvalue weighted by Crippen LogP contribution is -2.34. The minimum Gasteiger partial charge on any atom is -0.480 e. The molecule has 354 valence electrons. The van der Waals surface area contributed by atoms with Crippen LogP contribution < -0.4 is 5.73 Å². The first-order valence-electron chi connectivity index (χ1n) is 23.9. The average Bonchev–Trinajstić information content (AvgIpc) is 3.22. The number of nitrogens with two attached hydrogens (primary N) is 1. The number of hydrogen-bond donors (Lipinski definition) is 5. The van der Waals surface area contributed by atoms with Crippen LogP contribution in [0.5, 0.6) is 0 Å². The quantitative estimate of drug-likeness (QED) is 0.0167. The number of ether oxygens (including phenoxy) is 2. The van der Waals surface area contributed by atoms with Gasteiger partial charge in [-0.25, -0.2) is 4.57 Å². The maximum atomic E-state index is 12.7. The van der Waals surface area contributed by atoms with Crippen molar-refractivity contribution in [3.63, 3.8) is 0 Å². The summed E-state index contributed by atoms with van der Waals surface area (Å²) in [6, 6.07) is -1.54. The number of esters is 2. The minimum absolute atomic E-state index is 0.0660. The highest BCUT2D eigenvalue weighted by atomic mass is 31.2. The highest BCUT2D eigenvalue weighted by Gasteiger charge is 2.28. The highest BCUT2D eigenvalue weighted by molar-refractivity contribution is 7.47. The highest BCUT2D eigenvalue weighted by Crippen LogP contribution is 2.43. The third kappa shape index (κ3) is 39.0. The Kier molecular flexibility index (Phi) is 39.9. The molecule has 0 bridgehead atoms. The van der Waals surface area contributed by atoms with Crippen molar-refractivity contribution in [2.24, 2.45) is 5.73 Å². The summed E-state index contributed by atoms with van der Waals surface area (Å²) < 4.78 is 32.7. The molecule has 5 atom stereocenters. The van der Waals surface area contributed by atoms with Crippen molar-refractivity contribution >= 4 is 25.7 Å². The van der Waals surface area contributed by atoms with E-state index < -0.39 is 63.3 Å². The molecule has 0 heterocycles. The van der Waals surface area contributed by atoms with E-state index >= 15 is 0 Å². The summed E-state index contributed by atoms with van der Waals surface area (Å²) in [6.45, 7) is 2.62. The molecule has 0 aliphatic carbocycles. The third-order valence-corrected chi connectivity index (χ3v) is 11.7. The predicted octanol–water partition coefficient (Wildman–Crippen LogP) is 10.8. The third-order valence-electron chi connectivity index (χ3n) is 10.7. The van der Waals surface area contributed by atoms with Crippen LogP contribution >= 0.6 is 7.82 Å². The minimum atomic E-state index is -4.75. The van der Waals surface area contributed by atoms with Gasteiger partial charge < -0.3 is 35.4 Å². The predicted molar refractivity (Wildman–Crippen MR) is 238 cm³/mol. The second kappa shape index (κ2) is 41.2. The maximum absolute atomic E-state index is 12.7. The van der Waals surface area contributed by atoms with Crippen LogP contribution in [-0.4, -0.2) is 82.3 Å². The van der Waals surface area contributed by atoms with Gasteiger partial charge in [0.05, 0.1) is 25.4 Å². The van der Waals surface area contributed by atoms with Gasteiger partial charge in [-0.05, 0) is 38.5 Å². The van der Waals surface area contributed by atoms with Gasteiger partial charge in [0, 0.05) is 12.8 Å². The summed E-state index contributed by atoms with van der Waals surface area (Å²) in [4.78, 5) is 46.1. The normalized spacial score (nSPS) is 14.8. The van der Waals surface area contributed by atoms with Gasteiger partial charge in [0.15, 0.2) is 6.10 Å². The zero-order chi connectivity index (χ0) is 44.5. The second-order valence-electron chi connectivity index (χ2n) is 16.6. The standard InChI is InChI=1S/C46H88NO12P/c1-3-5-7-9-11-12-13-14-15-16-17-18-19-20-21-22-23-27-31-35-44(50)56-37-40(38-57-60(54,55)58-39-41(47)46(52)53)59-45(51)36-32-28-24-26-30-34-43(49)42(48)33-29-25-10-8-6-4-2/h25,29,40-43,48-49H,3-24,26-28,30-39,47H2,1-2H3,(H,52,53)(H,54,55)/b29-25-/t40-,41+,42+,43+/m1/s1. The van der Waals surface area contributed by atoms with E-state index in [2.05, 4.69) is 24.4 Å². The fraction of sp³-hybridized carbons (Fsp3) is 0.891. The van der Waals surface area contributed by atoms with E-state index in [4.69, 9.17) is 24.8 Å². The topological polar surface area (TPSA) is 212 Å².